The first-order valence-electron chi connectivity index (χ1n) is 27.9. The second kappa shape index (κ2) is 25.6. The Balaban J connectivity index is 0.000000163. The normalized spacial score (nSPS) is 19.7. The van der Waals surface area contributed by atoms with Crippen molar-refractivity contribution in [3.05, 3.63) is 245 Å². The topological polar surface area (TPSA) is 122 Å². The lowest BCUT2D eigenvalue weighted by Gasteiger charge is -2.48. The van der Waals surface area contributed by atoms with Crippen LogP contribution in [0.3, 0.4) is 0 Å². The zero-order chi connectivity index (χ0) is 58.7. The summed E-state index contributed by atoms with van der Waals surface area (Å²) in [5.41, 5.74) is 15.5. The summed E-state index contributed by atoms with van der Waals surface area (Å²) in [6, 6.07) is 23.2. The molecule has 0 aliphatic carbocycles. The summed E-state index contributed by atoms with van der Waals surface area (Å²) in [6.07, 6.45) is 30.0. The maximum absolute atomic E-state index is 9.28. The predicted molar refractivity (Wildman–Crippen MR) is 328 cm³/mol. The molecule has 82 heavy (non-hydrogen) atoms. The fraction of sp³-hybridized carbons (Fsp3) is 0.314. The first-order valence-corrected chi connectivity index (χ1v) is 27.9. The average Bonchev–Trinajstić information content (AvgIpc) is 1.83. The molecule has 7 heterocycles. The van der Waals surface area contributed by atoms with E-state index in [2.05, 4.69) is 88.4 Å². The van der Waals surface area contributed by atoms with Crippen molar-refractivity contribution < 1.29 is 14.2 Å². The van der Waals surface area contributed by atoms with E-state index in [-0.39, 0.29) is 27.9 Å². The fourth-order valence-corrected chi connectivity index (χ4v) is 11.1. The Morgan fingerprint density at radius 1 is 0.561 bits per heavy atom. The van der Waals surface area contributed by atoms with Gasteiger partial charge in [0.2, 0.25) is 0 Å². The minimum Gasteiger partial charge on any atom is -0.462 e. The van der Waals surface area contributed by atoms with Crippen LogP contribution in [-0.4, -0.2) is 40.3 Å². The summed E-state index contributed by atoms with van der Waals surface area (Å²) < 4.78 is 17.4. The van der Waals surface area contributed by atoms with Crippen LogP contribution in [0.25, 0.3) is 32.8 Å². The lowest BCUT2D eigenvalue weighted by molar-refractivity contribution is 0.304. The first-order chi connectivity index (χ1) is 39.4. The monoisotopic (exact) mass is 1080 g/mol. The second-order valence-electron chi connectivity index (χ2n) is 22.6. The van der Waals surface area contributed by atoms with Crippen LogP contribution in [0.15, 0.2) is 172 Å². The smallest absolute Gasteiger partial charge is 0.269 e. The molecule has 0 saturated carbocycles. The zero-order valence-electron chi connectivity index (χ0n) is 48.6. The fourth-order valence-electron chi connectivity index (χ4n) is 11.1. The van der Waals surface area contributed by atoms with Crippen LogP contribution in [0.1, 0.15) is 120 Å². The van der Waals surface area contributed by atoms with Crippen molar-refractivity contribution in [3.8, 4) is 18.2 Å². The molecule has 0 N–H and O–H groups in total. The zero-order valence-corrected chi connectivity index (χ0v) is 48.6. The average molecular weight is 1080 g/mol. The van der Waals surface area contributed by atoms with Crippen molar-refractivity contribution in [2.45, 2.75) is 104 Å². The number of hydrogen-bond acceptors (Lipinski definition) is 9. The van der Waals surface area contributed by atoms with Crippen molar-refractivity contribution in [2.75, 3.05) is 55.0 Å². The van der Waals surface area contributed by atoms with Crippen LogP contribution in [0.5, 0.6) is 0 Å². The molecule has 0 unspecified atom stereocenters. The Bertz CT molecular complexity index is 3600. The number of nitriles is 3. The quantitative estimate of drug-likeness (QED) is 0.160. The molecule has 0 bridgehead atoms. The molecule has 3 aromatic carbocycles. The van der Waals surface area contributed by atoms with Gasteiger partial charge in [-0.1, -0.05) is 65.0 Å². The van der Waals surface area contributed by atoms with E-state index >= 15 is 0 Å². The van der Waals surface area contributed by atoms with E-state index in [0.717, 1.165) is 61.3 Å². The van der Waals surface area contributed by atoms with Gasteiger partial charge in [-0.25, -0.2) is 30.3 Å². The number of benzene rings is 3. The van der Waals surface area contributed by atoms with E-state index < -0.39 is 0 Å². The van der Waals surface area contributed by atoms with E-state index in [0.29, 0.717) is 51.9 Å². The minimum absolute atomic E-state index is 0.0638. The highest BCUT2D eigenvalue weighted by molar-refractivity contribution is 5.73. The highest BCUT2D eigenvalue weighted by atomic mass is 16.5. The van der Waals surface area contributed by atoms with Crippen molar-refractivity contribution in [3.63, 3.8) is 0 Å². The van der Waals surface area contributed by atoms with Crippen molar-refractivity contribution in [1.29, 1.82) is 15.8 Å². The van der Waals surface area contributed by atoms with E-state index in [1.165, 1.54) is 65.1 Å². The molecule has 10 rings (SSSR count). The lowest BCUT2D eigenvalue weighted by Crippen LogP contribution is -2.44. The second-order valence-corrected chi connectivity index (χ2v) is 22.6. The van der Waals surface area contributed by atoms with Crippen molar-refractivity contribution in [2.24, 2.45) is 0 Å². The lowest BCUT2D eigenvalue weighted by atomic mass is 9.69. The van der Waals surface area contributed by atoms with E-state index in [1.54, 1.807) is 43.4 Å². The number of nitrogens with zero attached hydrogens (tertiary/aromatic N) is 9. The standard InChI is InChI=1S/C28H31N3O.C23H21N3O.C19H17N3O/c1-7-21-16-20(25(18-29)30-6)17-22(32-21)9-8-19-14-23-26-24(15-19)28(4,5)11-13-31(26)12-10-27(23,2)3;1-16-11-20(22(15-24)25-2)14-21(27-16)8-7-17-12-18-5-3-9-26-10-4-6-19(13-17)23(18)26;1-14-11-16(19(13-20)21-2)12-18(23-14)10-7-15-5-8-17(9-6-15)22(3)4/h8-9,14-17H,7,10-13H2,1-5H3;7-8,11-14H,3-6,9-10H2,1H3;5-12H,1,3-4H3/b9-8+,25-20+;8-7+,22-20+;10-7+,19-16+. The third-order valence-corrected chi connectivity index (χ3v) is 15.6. The SMILES string of the molecule is [C-]#[N+]/C(C#N)=C1C=C(/C=C/c2cc3c4c(c2)C(C)(C)CCN4CCC3(C)C)OC(CC)=C/1.[C-]#[N+]/C(C#N)=C1\C=C(C)OC(/C=C/c2cc3c4c(c2)CCCN4CCC3)=C1.[C-]#[N+]/C(C#N)=C1\C=C(C)OC(/C=C/c2ccc(N(C)C)cc2)=C1. The summed E-state index contributed by atoms with van der Waals surface area (Å²) >= 11 is 0. The molecule has 0 fully saturated rings. The summed E-state index contributed by atoms with van der Waals surface area (Å²) in [7, 11) is 4.00. The van der Waals surface area contributed by atoms with Crippen LogP contribution in [-0.2, 0) is 37.9 Å². The molecule has 0 radical (unpaired) electrons. The molecule has 0 amide bonds. The number of ether oxygens (including phenoxy) is 3. The van der Waals surface area contributed by atoms with Gasteiger partial charge in [0.05, 0.1) is 37.9 Å². The third kappa shape index (κ3) is 13.6. The molecule has 0 saturated heterocycles. The van der Waals surface area contributed by atoms with Gasteiger partial charge in [-0.05, 0) is 210 Å². The van der Waals surface area contributed by atoms with Gasteiger partial charge in [0, 0.05) is 63.8 Å². The van der Waals surface area contributed by atoms with Crippen LogP contribution in [0, 0.1) is 53.7 Å². The maximum Gasteiger partial charge on any atom is 0.269 e. The molecule has 0 atom stereocenters. The largest absolute Gasteiger partial charge is 0.462 e. The number of aryl methyl sites for hydroxylation is 2. The summed E-state index contributed by atoms with van der Waals surface area (Å²) in [5, 5.41) is 27.4. The molecule has 3 aromatic rings. The molecule has 412 valence electrons. The number of allylic oxidation sites excluding steroid dienone is 18. The van der Waals surface area contributed by atoms with Gasteiger partial charge in [0.25, 0.3) is 17.1 Å². The highest BCUT2D eigenvalue weighted by Crippen LogP contribution is 2.49. The molecular formula is C70H69N9O3. The van der Waals surface area contributed by atoms with Gasteiger partial charge in [-0.2, -0.15) is 0 Å². The van der Waals surface area contributed by atoms with E-state index in [9.17, 15) is 5.26 Å². The Morgan fingerprint density at radius 2 is 0.976 bits per heavy atom. The van der Waals surface area contributed by atoms with Crippen LogP contribution in [0.4, 0.5) is 17.1 Å². The van der Waals surface area contributed by atoms with Gasteiger partial charge < -0.3 is 28.9 Å². The van der Waals surface area contributed by atoms with Gasteiger partial charge in [0.15, 0.2) is 0 Å². The van der Waals surface area contributed by atoms with Gasteiger partial charge >= 0.3 is 0 Å². The maximum atomic E-state index is 9.28. The van der Waals surface area contributed by atoms with E-state index in [1.807, 2.05) is 99.6 Å². The number of hydrogen-bond donors (Lipinski definition) is 0. The van der Waals surface area contributed by atoms with Crippen LogP contribution in [0.2, 0.25) is 0 Å². The highest BCUT2D eigenvalue weighted by Gasteiger charge is 2.40. The van der Waals surface area contributed by atoms with Gasteiger partial charge in [0.1, 0.15) is 34.6 Å². The molecule has 0 spiro atoms. The summed E-state index contributed by atoms with van der Waals surface area (Å²) in [5.74, 6) is 4.00. The first kappa shape index (κ1) is 58.4. The Hall–Kier alpha value is -9.72. The Kier molecular flexibility index (Phi) is 18.2. The van der Waals surface area contributed by atoms with Crippen LogP contribution >= 0.6 is 0 Å². The van der Waals surface area contributed by atoms with Gasteiger partial charge in [-0.3, -0.25) is 0 Å². The number of anilines is 3. The summed E-state index contributed by atoms with van der Waals surface area (Å²) in [6.45, 7) is 41.1. The molecule has 7 aliphatic rings. The molecular weight excluding hydrogens is 1010 g/mol. The van der Waals surface area contributed by atoms with Gasteiger partial charge in [-0.15, -0.1) is 0 Å². The molecule has 7 aliphatic heterocycles. The number of rotatable bonds is 8. The molecule has 12 nitrogen and oxygen atoms in total. The minimum atomic E-state index is 0.0638. The predicted octanol–water partition coefficient (Wildman–Crippen LogP) is 16.0. The van der Waals surface area contributed by atoms with Crippen molar-refractivity contribution in [1.82, 2.24) is 0 Å². The van der Waals surface area contributed by atoms with Crippen molar-refractivity contribution >= 4 is 35.3 Å². The van der Waals surface area contributed by atoms with E-state index in [4.69, 9.17) is 44.5 Å². The molecule has 12 heteroatoms. The molecule has 0 aromatic heterocycles. The Morgan fingerprint density at radius 3 is 1.40 bits per heavy atom. The summed E-state index contributed by atoms with van der Waals surface area (Å²) in [4.78, 5) is 17.1. The third-order valence-electron chi connectivity index (χ3n) is 15.6. The Labute approximate surface area is 485 Å². The van der Waals surface area contributed by atoms with Crippen LogP contribution < -0.4 is 14.7 Å².